The number of Topliss-reactive ketones (excluding diaryl/α,β-unsaturated/α-hetero) is 1. The van der Waals surface area contributed by atoms with Gasteiger partial charge in [-0.15, -0.1) is 0 Å². The molecule has 1 aromatic heterocycles. The van der Waals surface area contributed by atoms with Crippen molar-refractivity contribution in [3.8, 4) is 5.75 Å². The van der Waals surface area contributed by atoms with Crippen LogP contribution in [0, 0.1) is 0 Å². The molecule has 0 fully saturated rings. The molecule has 0 aliphatic carbocycles. The summed E-state index contributed by atoms with van der Waals surface area (Å²) in [7, 11) is 1.49. The highest BCUT2D eigenvalue weighted by Crippen LogP contribution is 2.26. The van der Waals surface area contributed by atoms with Crippen LogP contribution in [0.5, 0.6) is 5.75 Å². The molecule has 6 heteroatoms. The summed E-state index contributed by atoms with van der Waals surface area (Å²) < 4.78 is 10.8. The quantitative estimate of drug-likeness (QED) is 0.510. The van der Waals surface area contributed by atoms with E-state index >= 15 is 0 Å². The van der Waals surface area contributed by atoms with E-state index in [1.807, 2.05) is 0 Å². The van der Waals surface area contributed by atoms with Crippen molar-refractivity contribution >= 4 is 46.0 Å². The first-order valence-corrected chi connectivity index (χ1v) is 8.21. The van der Waals surface area contributed by atoms with Gasteiger partial charge in [0, 0.05) is 22.0 Å². The molecule has 3 aromatic rings. The fourth-order valence-corrected chi connectivity index (χ4v) is 2.65. The summed E-state index contributed by atoms with van der Waals surface area (Å²) >= 11 is 5.95. The van der Waals surface area contributed by atoms with Gasteiger partial charge in [0.25, 0.3) is 0 Å². The van der Waals surface area contributed by atoms with Crippen LogP contribution in [-0.4, -0.2) is 18.8 Å². The van der Waals surface area contributed by atoms with Gasteiger partial charge in [-0.25, -0.2) is 0 Å². The third kappa shape index (κ3) is 3.95. The number of benzene rings is 2. The fourth-order valence-electron chi connectivity index (χ4n) is 2.47. The smallest absolute Gasteiger partial charge is 0.248 e. The number of furan rings is 1. The summed E-state index contributed by atoms with van der Waals surface area (Å²) in [6, 6.07) is 12.0. The zero-order chi connectivity index (χ0) is 18.7. The van der Waals surface area contributed by atoms with Crippen molar-refractivity contribution in [3.05, 3.63) is 64.9 Å². The number of fused-ring (bicyclic) bond motifs is 1. The van der Waals surface area contributed by atoms with E-state index in [4.69, 9.17) is 20.8 Å². The Morgan fingerprint density at radius 1 is 1.15 bits per heavy atom. The van der Waals surface area contributed by atoms with Crippen LogP contribution in [0.3, 0.4) is 0 Å². The monoisotopic (exact) mass is 369 g/mol. The van der Waals surface area contributed by atoms with Crippen LogP contribution in [0.25, 0.3) is 17.0 Å². The van der Waals surface area contributed by atoms with Crippen molar-refractivity contribution in [2.75, 3.05) is 12.4 Å². The molecule has 0 spiro atoms. The Morgan fingerprint density at radius 2 is 1.96 bits per heavy atom. The number of hydrogen-bond donors (Lipinski definition) is 1. The second-order valence-corrected chi connectivity index (χ2v) is 6.06. The van der Waals surface area contributed by atoms with Gasteiger partial charge in [-0.05, 0) is 55.5 Å². The van der Waals surface area contributed by atoms with Gasteiger partial charge < -0.3 is 14.5 Å². The lowest BCUT2D eigenvalue weighted by Crippen LogP contribution is -2.09. The van der Waals surface area contributed by atoms with E-state index in [9.17, 15) is 9.59 Å². The SMILES string of the molecule is COc1ccc(C(C)=O)cc1NC(=O)/C=C/c1cc2cc(Cl)ccc2o1. The van der Waals surface area contributed by atoms with E-state index in [1.165, 1.54) is 20.1 Å². The molecule has 3 rings (SSSR count). The molecule has 1 N–H and O–H groups in total. The number of nitrogens with one attached hydrogen (secondary N) is 1. The Balaban J connectivity index is 1.78. The predicted molar refractivity (Wildman–Crippen MR) is 102 cm³/mol. The summed E-state index contributed by atoms with van der Waals surface area (Å²) in [5.74, 6) is 0.527. The van der Waals surface area contributed by atoms with Crippen LogP contribution in [0.4, 0.5) is 5.69 Å². The molecule has 0 bridgehead atoms. The highest BCUT2D eigenvalue weighted by atomic mass is 35.5. The number of hydrogen-bond acceptors (Lipinski definition) is 4. The Kier molecular flexibility index (Phi) is 5.09. The molecule has 0 saturated heterocycles. The van der Waals surface area contributed by atoms with Gasteiger partial charge in [0.05, 0.1) is 12.8 Å². The van der Waals surface area contributed by atoms with Crippen molar-refractivity contribution in [2.45, 2.75) is 6.92 Å². The lowest BCUT2D eigenvalue weighted by molar-refractivity contribution is -0.111. The molecule has 0 aliphatic rings. The minimum Gasteiger partial charge on any atom is -0.495 e. The van der Waals surface area contributed by atoms with Gasteiger partial charge in [-0.1, -0.05) is 11.6 Å². The summed E-state index contributed by atoms with van der Waals surface area (Å²) in [5, 5.41) is 4.17. The van der Waals surface area contributed by atoms with E-state index in [2.05, 4.69) is 5.32 Å². The number of amides is 1. The first kappa shape index (κ1) is 17.8. The van der Waals surface area contributed by atoms with Crippen LogP contribution in [0.1, 0.15) is 23.0 Å². The van der Waals surface area contributed by atoms with Crippen molar-refractivity contribution in [1.29, 1.82) is 0 Å². The first-order valence-electron chi connectivity index (χ1n) is 7.83. The molecule has 0 unspecified atom stereocenters. The molecule has 26 heavy (non-hydrogen) atoms. The zero-order valence-corrected chi connectivity index (χ0v) is 15.0. The Labute approximate surface area is 155 Å². The molecule has 132 valence electrons. The van der Waals surface area contributed by atoms with Gasteiger partial charge in [0.1, 0.15) is 17.1 Å². The number of ketones is 1. The second-order valence-electron chi connectivity index (χ2n) is 5.62. The van der Waals surface area contributed by atoms with Gasteiger partial charge >= 0.3 is 0 Å². The van der Waals surface area contributed by atoms with Crippen LogP contribution in [0.2, 0.25) is 5.02 Å². The van der Waals surface area contributed by atoms with Crippen molar-refractivity contribution < 1.29 is 18.7 Å². The summed E-state index contributed by atoms with van der Waals surface area (Å²) in [6.07, 6.45) is 2.91. The van der Waals surface area contributed by atoms with Gasteiger partial charge in [-0.2, -0.15) is 0 Å². The fraction of sp³-hybridized carbons (Fsp3) is 0.100. The molecule has 1 heterocycles. The average Bonchev–Trinajstić information content (AvgIpc) is 3.01. The summed E-state index contributed by atoms with van der Waals surface area (Å²) in [5.41, 5.74) is 1.59. The maximum atomic E-state index is 12.2. The van der Waals surface area contributed by atoms with Crippen LogP contribution in [0.15, 0.2) is 53.0 Å². The molecule has 2 aromatic carbocycles. The Hall–Kier alpha value is -3.05. The van der Waals surface area contributed by atoms with E-state index in [-0.39, 0.29) is 11.7 Å². The minimum absolute atomic E-state index is 0.0976. The van der Waals surface area contributed by atoms with Crippen LogP contribution < -0.4 is 10.1 Å². The first-order chi connectivity index (χ1) is 12.5. The zero-order valence-electron chi connectivity index (χ0n) is 14.2. The van der Waals surface area contributed by atoms with E-state index in [1.54, 1.807) is 48.5 Å². The highest BCUT2D eigenvalue weighted by Gasteiger charge is 2.09. The molecule has 0 aliphatic heterocycles. The summed E-state index contributed by atoms with van der Waals surface area (Å²) in [4.78, 5) is 23.7. The lowest BCUT2D eigenvalue weighted by Gasteiger charge is -2.10. The van der Waals surface area contributed by atoms with E-state index in [0.29, 0.717) is 33.4 Å². The number of ether oxygens (including phenoxy) is 1. The van der Waals surface area contributed by atoms with Gasteiger partial charge in [0.15, 0.2) is 5.78 Å². The maximum absolute atomic E-state index is 12.2. The average molecular weight is 370 g/mol. The topological polar surface area (TPSA) is 68.5 Å². The van der Waals surface area contributed by atoms with Crippen molar-refractivity contribution in [3.63, 3.8) is 0 Å². The number of carbonyl (C=O) groups excluding carboxylic acids is 2. The molecular formula is C20H16ClNO4. The maximum Gasteiger partial charge on any atom is 0.248 e. The number of rotatable bonds is 5. The molecule has 0 atom stereocenters. The normalized spacial score (nSPS) is 11.0. The number of halogens is 1. The number of anilines is 1. The third-order valence-electron chi connectivity index (χ3n) is 3.76. The largest absolute Gasteiger partial charge is 0.495 e. The van der Waals surface area contributed by atoms with Gasteiger partial charge in [0.2, 0.25) is 5.91 Å². The van der Waals surface area contributed by atoms with E-state index in [0.717, 1.165) is 5.39 Å². The highest BCUT2D eigenvalue weighted by molar-refractivity contribution is 6.31. The molecule has 5 nitrogen and oxygen atoms in total. The number of methoxy groups -OCH3 is 1. The second kappa shape index (κ2) is 7.45. The molecule has 0 radical (unpaired) electrons. The van der Waals surface area contributed by atoms with Crippen molar-refractivity contribution in [2.24, 2.45) is 0 Å². The van der Waals surface area contributed by atoms with Crippen molar-refractivity contribution in [1.82, 2.24) is 0 Å². The lowest BCUT2D eigenvalue weighted by atomic mass is 10.1. The number of carbonyl (C=O) groups is 2. The van der Waals surface area contributed by atoms with E-state index < -0.39 is 0 Å². The Morgan fingerprint density at radius 3 is 2.69 bits per heavy atom. The summed E-state index contributed by atoms with van der Waals surface area (Å²) in [6.45, 7) is 1.46. The molecule has 0 saturated carbocycles. The molecule has 1 amide bonds. The van der Waals surface area contributed by atoms with Crippen LogP contribution in [-0.2, 0) is 4.79 Å². The van der Waals surface area contributed by atoms with Gasteiger partial charge in [-0.3, -0.25) is 9.59 Å². The Bertz CT molecular complexity index is 1020. The van der Waals surface area contributed by atoms with Crippen LogP contribution >= 0.6 is 11.6 Å². The minimum atomic E-state index is -0.373. The predicted octanol–water partition coefficient (Wildman–Crippen LogP) is 4.95. The molecular weight excluding hydrogens is 354 g/mol. The standard InChI is InChI=1S/C20H16ClNO4/c1-12(23)13-3-6-19(25-2)17(11-13)22-20(24)8-5-16-10-14-9-15(21)4-7-18(14)26-16/h3-11H,1-2H3,(H,22,24)/b8-5+. The third-order valence-corrected chi connectivity index (χ3v) is 4.00.